The Morgan fingerprint density at radius 3 is 2.69 bits per heavy atom. The summed E-state index contributed by atoms with van der Waals surface area (Å²) in [5.41, 5.74) is 0.726. The number of amides is 2. The smallest absolute Gasteiger partial charge is 0.311 e. The molecule has 0 unspecified atom stereocenters. The molecule has 3 aliphatic heterocycles. The highest BCUT2D eigenvalue weighted by atomic mass is 16.7. The van der Waals surface area contributed by atoms with Crippen molar-refractivity contribution in [1.29, 1.82) is 0 Å². The van der Waals surface area contributed by atoms with Crippen LogP contribution in [-0.4, -0.2) is 55.2 Å². The summed E-state index contributed by atoms with van der Waals surface area (Å²) in [5, 5.41) is 0. The summed E-state index contributed by atoms with van der Waals surface area (Å²) in [5.74, 6) is -1.10. The number of likely N-dealkylation sites (tertiary alicyclic amines) is 1. The lowest BCUT2D eigenvalue weighted by atomic mass is 9.72. The molecule has 2 amide bonds. The van der Waals surface area contributed by atoms with E-state index >= 15 is 0 Å². The lowest BCUT2D eigenvalue weighted by molar-refractivity contribution is -0.148. The number of benzene rings is 2. The molecule has 3 atom stereocenters. The lowest BCUT2D eigenvalue weighted by Crippen LogP contribution is -2.60. The summed E-state index contributed by atoms with van der Waals surface area (Å²) < 4.78 is 16.1. The van der Waals surface area contributed by atoms with E-state index in [1.54, 1.807) is 44.0 Å². The fourth-order valence-corrected chi connectivity index (χ4v) is 5.26. The number of carbonyl (C=O) groups is 3. The summed E-state index contributed by atoms with van der Waals surface area (Å²) in [7, 11) is 1.70. The molecule has 2 aromatic rings. The Labute approximate surface area is 185 Å². The number of ether oxygens (including phenoxy) is 3. The quantitative estimate of drug-likeness (QED) is 0.688. The Morgan fingerprint density at radius 2 is 1.91 bits per heavy atom. The standard InChI is InChI=1S/C24H24N2O6/c1-4-30-22(28)16-12-26(21(27)14-9-10-18-19(11-14)32-13-31-18)24(2)20(16)15-7-5-6-8-17(15)25(3)23(24)29/h5-11,16,20H,4,12-13H2,1-3H3/t16-,20+,24-/m0/s1. The van der Waals surface area contributed by atoms with Crippen molar-refractivity contribution in [3.05, 3.63) is 53.6 Å². The number of nitrogens with zero attached hydrogens (tertiary/aromatic N) is 2. The number of likely N-dealkylation sites (N-methyl/N-ethyl adjacent to an activating group) is 1. The minimum absolute atomic E-state index is 0.0845. The van der Waals surface area contributed by atoms with Crippen LogP contribution in [-0.2, 0) is 14.3 Å². The largest absolute Gasteiger partial charge is 0.466 e. The highest BCUT2D eigenvalue weighted by Crippen LogP contribution is 2.53. The van der Waals surface area contributed by atoms with Crippen LogP contribution < -0.4 is 14.4 Å². The third-order valence-electron chi connectivity index (χ3n) is 6.77. The SMILES string of the molecule is CCOC(=O)[C@H]1CN(C(=O)c2ccc3c(c2)OCO3)[C@]2(C)C(=O)N(C)c3ccccc3[C@H]12. The second-order valence-corrected chi connectivity index (χ2v) is 8.39. The number of hydrogen-bond acceptors (Lipinski definition) is 6. The molecular weight excluding hydrogens is 412 g/mol. The van der Waals surface area contributed by atoms with Crippen molar-refractivity contribution in [3.8, 4) is 11.5 Å². The van der Waals surface area contributed by atoms with Gasteiger partial charge in [-0.1, -0.05) is 18.2 Å². The van der Waals surface area contributed by atoms with Gasteiger partial charge in [-0.3, -0.25) is 14.4 Å². The van der Waals surface area contributed by atoms with Gasteiger partial charge in [-0.2, -0.15) is 0 Å². The van der Waals surface area contributed by atoms with E-state index in [9.17, 15) is 14.4 Å². The second-order valence-electron chi connectivity index (χ2n) is 8.39. The molecule has 0 aromatic heterocycles. The fraction of sp³-hybridized carbons (Fsp3) is 0.375. The molecule has 3 heterocycles. The van der Waals surface area contributed by atoms with E-state index in [1.807, 2.05) is 24.3 Å². The molecule has 0 radical (unpaired) electrons. The molecule has 8 nitrogen and oxygen atoms in total. The summed E-state index contributed by atoms with van der Waals surface area (Å²) in [4.78, 5) is 43.5. The van der Waals surface area contributed by atoms with Crippen molar-refractivity contribution in [2.45, 2.75) is 25.3 Å². The van der Waals surface area contributed by atoms with Gasteiger partial charge in [0.2, 0.25) is 6.79 Å². The minimum atomic E-state index is -1.24. The molecule has 0 saturated carbocycles. The second kappa shape index (κ2) is 7.25. The van der Waals surface area contributed by atoms with E-state index < -0.39 is 23.3 Å². The average molecular weight is 436 g/mol. The number of anilines is 1. The van der Waals surface area contributed by atoms with E-state index in [1.165, 1.54) is 4.90 Å². The third kappa shape index (κ3) is 2.71. The van der Waals surface area contributed by atoms with Crippen LogP contribution in [0.1, 0.15) is 35.7 Å². The highest BCUT2D eigenvalue weighted by Gasteiger charge is 2.63. The zero-order valence-corrected chi connectivity index (χ0v) is 18.2. The van der Waals surface area contributed by atoms with Gasteiger partial charge < -0.3 is 24.0 Å². The monoisotopic (exact) mass is 436 g/mol. The van der Waals surface area contributed by atoms with Crippen molar-refractivity contribution >= 4 is 23.5 Å². The maximum absolute atomic E-state index is 13.7. The predicted molar refractivity (Wildman–Crippen MR) is 115 cm³/mol. The van der Waals surface area contributed by atoms with Crippen molar-refractivity contribution in [2.75, 3.05) is 31.9 Å². The Bertz CT molecular complexity index is 1130. The zero-order valence-electron chi connectivity index (χ0n) is 18.2. The van der Waals surface area contributed by atoms with E-state index in [2.05, 4.69) is 0 Å². The van der Waals surface area contributed by atoms with Crippen molar-refractivity contribution in [2.24, 2.45) is 5.92 Å². The predicted octanol–water partition coefficient (Wildman–Crippen LogP) is 2.57. The molecular formula is C24H24N2O6. The van der Waals surface area contributed by atoms with Crippen molar-refractivity contribution < 1.29 is 28.6 Å². The van der Waals surface area contributed by atoms with Gasteiger partial charge in [0.05, 0.1) is 12.5 Å². The Morgan fingerprint density at radius 1 is 1.16 bits per heavy atom. The van der Waals surface area contributed by atoms with Gasteiger partial charge in [-0.25, -0.2) is 0 Å². The van der Waals surface area contributed by atoms with Gasteiger partial charge in [0, 0.05) is 30.8 Å². The van der Waals surface area contributed by atoms with E-state index in [4.69, 9.17) is 14.2 Å². The first-order valence-corrected chi connectivity index (χ1v) is 10.6. The molecule has 0 spiro atoms. The van der Waals surface area contributed by atoms with Crippen LogP contribution in [0, 0.1) is 5.92 Å². The molecule has 166 valence electrons. The molecule has 3 aliphatic rings. The van der Waals surface area contributed by atoms with Crippen LogP contribution in [0.4, 0.5) is 5.69 Å². The number of fused-ring (bicyclic) bond motifs is 4. The van der Waals surface area contributed by atoms with E-state index in [0.29, 0.717) is 17.1 Å². The van der Waals surface area contributed by atoms with Crippen molar-refractivity contribution in [1.82, 2.24) is 4.90 Å². The third-order valence-corrected chi connectivity index (χ3v) is 6.77. The normalized spacial score (nSPS) is 25.4. The molecule has 1 fully saturated rings. The Balaban J connectivity index is 1.62. The number of carbonyl (C=O) groups excluding carboxylic acids is 3. The van der Waals surface area contributed by atoms with Gasteiger partial charge in [-0.05, 0) is 43.7 Å². The summed E-state index contributed by atoms with van der Waals surface area (Å²) in [6, 6.07) is 12.5. The van der Waals surface area contributed by atoms with E-state index in [-0.39, 0.29) is 31.8 Å². The molecule has 5 rings (SSSR count). The molecule has 8 heteroatoms. The minimum Gasteiger partial charge on any atom is -0.466 e. The van der Waals surface area contributed by atoms with Crippen LogP contribution >= 0.6 is 0 Å². The molecule has 0 aliphatic carbocycles. The average Bonchev–Trinajstić information content (AvgIpc) is 3.39. The zero-order chi connectivity index (χ0) is 22.6. The molecule has 0 N–H and O–H groups in total. The molecule has 0 bridgehead atoms. The number of esters is 1. The van der Waals surface area contributed by atoms with Crippen LogP contribution in [0.15, 0.2) is 42.5 Å². The highest BCUT2D eigenvalue weighted by molar-refractivity contribution is 6.09. The van der Waals surface area contributed by atoms with Crippen LogP contribution in [0.3, 0.4) is 0 Å². The van der Waals surface area contributed by atoms with Gasteiger partial charge in [-0.15, -0.1) is 0 Å². The molecule has 1 saturated heterocycles. The summed E-state index contributed by atoms with van der Waals surface area (Å²) in [6.07, 6.45) is 0. The number of rotatable bonds is 3. The first-order chi connectivity index (χ1) is 15.4. The van der Waals surface area contributed by atoms with Gasteiger partial charge >= 0.3 is 5.97 Å². The first-order valence-electron chi connectivity index (χ1n) is 10.6. The van der Waals surface area contributed by atoms with Crippen LogP contribution in [0.2, 0.25) is 0 Å². The van der Waals surface area contributed by atoms with Gasteiger partial charge in [0.1, 0.15) is 5.54 Å². The molecule has 32 heavy (non-hydrogen) atoms. The fourth-order valence-electron chi connectivity index (χ4n) is 5.26. The van der Waals surface area contributed by atoms with Crippen LogP contribution in [0.25, 0.3) is 0 Å². The van der Waals surface area contributed by atoms with E-state index in [0.717, 1.165) is 11.3 Å². The van der Waals surface area contributed by atoms with Gasteiger partial charge in [0.15, 0.2) is 11.5 Å². The lowest BCUT2D eigenvalue weighted by Gasteiger charge is -2.45. The Hall–Kier alpha value is -3.55. The van der Waals surface area contributed by atoms with Gasteiger partial charge in [0.25, 0.3) is 11.8 Å². The maximum atomic E-state index is 13.7. The van der Waals surface area contributed by atoms with Crippen LogP contribution in [0.5, 0.6) is 11.5 Å². The van der Waals surface area contributed by atoms with Crippen molar-refractivity contribution in [3.63, 3.8) is 0 Å². The topological polar surface area (TPSA) is 85.4 Å². The number of para-hydroxylation sites is 1. The first kappa shape index (κ1) is 20.4. The molecule has 2 aromatic carbocycles. The summed E-state index contributed by atoms with van der Waals surface area (Å²) >= 11 is 0. The number of hydrogen-bond donors (Lipinski definition) is 0. The summed E-state index contributed by atoms with van der Waals surface area (Å²) in [6.45, 7) is 3.90. The Kier molecular flexibility index (Phi) is 4.62. The maximum Gasteiger partial charge on any atom is 0.311 e.